The second-order valence-electron chi connectivity index (χ2n) is 6.55. The molecule has 0 amide bonds. The molecule has 2 aromatic carbocycles. The van der Waals surface area contributed by atoms with Crippen molar-refractivity contribution in [2.24, 2.45) is 0 Å². The fraction of sp³-hybridized carbons (Fsp3) is 0.263. The highest BCUT2D eigenvalue weighted by molar-refractivity contribution is 7.91. The zero-order valence-corrected chi connectivity index (χ0v) is 15.0. The molecule has 1 aromatic heterocycles. The minimum absolute atomic E-state index is 0.0780. The molecule has 0 fully saturated rings. The van der Waals surface area contributed by atoms with Crippen LogP contribution in [0.2, 0.25) is 0 Å². The Kier molecular flexibility index (Phi) is 4.27. The molecule has 0 saturated heterocycles. The normalized spacial score (nSPS) is 16.4. The van der Waals surface area contributed by atoms with Gasteiger partial charge in [-0.05, 0) is 36.8 Å². The Labute approximate surface area is 153 Å². The number of hydrogen-bond acceptors (Lipinski definition) is 4. The number of benzene rings is 2. The zero-order chi connectivity index (χ0) is 19.2. The van der Waals surface area contributed by atoms with E-state index in [0.29, 0.717) is 23.9 Å². The molecule has 0 aliphatic carbocycles. The SMILES string of the molecule is O=S(=O)(c1cccc(F)c1)c1ccc2c3c(oc2c1)C(CF)(CF)NCC3. The third-order valence-electron chi connectivity index (χ3n) is 4.91. The molecule has 0 unspecified atom stereocenters. The summed E-state index contributed by atoms with van der Waals surface area (Å²) in [7, 11) is -3.96. The standard InChI is InChI=1S/C19H16F3NO3S/c20-10-19(11-21)18-16(6-7-23-19)15-5-4-14(9-17(15)26-18)27(24,25)13-3-1-2-12(22)8-13/h1-5,8-9,23H,6-7,10-11H2. The van der Waals surface area contributed by atoms with Crippen molar-refractivity contribution in [2.75, 3.05) is 19.9 Å². The van der Waals surface area contributed by atoms with Crippen molar-refractivity contribution in [1.82, 2.24) is 5.32 Å². The third kappa shape index (κ3) is 2.74. The van der Waals surface area contributed by atoms with Crippen LogP contribution in [0.1, 0.15) is 11.3 Å². The van der Waals surface area contributed by atoms with Crippen molar-refractivity contribution in [1.29, 1.82) is 0 Å². The lowest BCUT2D eigenvalue weighted by molar-refractivity contribution is 0.156. The summed E-state index contributed by atoms with van der Waals surface area (Å²) >= 11 is 0. The van der Waals surface area contributed by atoms with Gasteiger partial charge in [-0.25, -0.2) is 21.6 Å². The van der Waals surface area contributed by atoms with Crippen LogP contribution in [0.25, 0.3) is 11.0 Å². The molecule has 0 atom stereocenters. The first kappa shape index (κ1) is 18.1. The summed E-state index contributed by atoms with van der Waals surface area (Å²) < 4.78 is 71.8. The molecule has 142 valence electrons. The van der Waals surface area contributed by atoms with Crippen molar-refractivity contribution >= 4 is 20.8 Å². The average Bonchev–Trinajstić information content (AvgIpc) is 3.06. The molecular formula is C19H16F3NO3S. The summed E-state index contributed by atoms with van der Waals surface area (Å²) in [6.07, 6.45) is 0.514. The maximum atomic E-state index is 13.6. The van der Waals surface area contributed by atoms with Gasteiger partial charge in [-0.1, -0.05) is 6.07 Å². The Balaban J connectivity index is 1.87. The van der Waals surface area contributed by atoms with Crippen molar-refractivity contribution in [3.63, 3.8) is 0 Å². The molecule has 0 radical (unpaired) electrons. The van der Waals surface area contributed by atoms with Crippen LogP contribution in [0.15, 0.2) is 56.7 Å². The summed E-state index contributed by atoms with van der Waals surface area (Å²) in [5.74, 6) is -0.499. The maximum absolute atomic E-state index is 13.6. The Hall–Kier alpha value is -2.32. The van der Waals surface area contributed by atoms with E-state index >= 15 is 0 Å². The van der Waals surface area contributed by atoms with Gasteiger partial charge in [-0.15, -0.1) is 0 Å². The van der Waals surface area contributed by atoms with Crippen LogP contribution in [0.5, 0.6) is 0 Å². The van der Waals surface area contributed by atoms with Crippen LogP contribution >= 0.6 is 0 Å². The van der Waals surface area contributed by atoms with E-state index in [1.807, 2.05) is 0 Å². The van der Waals surface area contributed by atoms with Crippen LogP contribution in [-0.4, -0.2) is 28.3 Å². The molecule has 8 heteroatoms. The van der Waals surface area contributed by atoms with E-state index in [1.165, 1.54) is 24.3 Å². The van der Waals surface area contributed by atoms with Gasteiger partial charge >= 0.3 is 0 Å². The van der Waals surface area contributed by atoms with Gasteiger partial charge in [-0.3, -0.25) is 0 Å². The Morgan fingerprint density at radius 1 is 1.07 bits per heavy atom. The molecule has 3 aromatic rings. The Morgan fingerprint density at radius 2 is 1.81 bits per heavy atom. The number of alkyl halides is 2. The highest BCUT2D eigenvalue weighted by Gasteiger charge is 2.41. The molecule has 1 N–H and O–H groups in total. The molecule has 27 heavy (non-hydrogen) atoms. The minimum atomic E-state index is -3.96. The van der Waals surface area contributed by atoms with Crippen LogP contribution in [0.4, 0.5) is 13.2 Å². The molecule has 4 rings (SSSR count). The summed E-state index contributed by atoms with van der Waals surface area (Å²) in [6.45, 7) is -1.58. The summed E-state index contributed by atoms with van der Waals surface area (Å²) in [6, 6.07) is 8.99. The monoisotopic (exact) mass is 395 g/mol. The molecule has 2 heterocycles. The van der Waals surface area contributed by atoms with E-state index in [9.17, 15) is 21.6 Å². The van der Waals surface area contributed by atoms with E-state index in [4.69, 9.17) is 4.42 Å². The van der Waals surface area contributed by atoms with Crippen LogP contribution < -0.4 is 5.32 Å². The van der Waals surface area contributed by atoms with E-state index in [0.717, 1.165) is 12.1 Å². The quantitative estimate of drug-likeness (QED) is 0.732. The van der Waals surface area contributed by atoms with E-state index in [-0.39, 0.29) is 21.1 Å². The van der Waals surface area contributed by atoms with Crippen LogP contribution in [0.3, 0.4) is 0 Å². The third-order valence-corrected chi connectivity index (χ3v) is 6.66. The molecular weight excluding hydrogens is 379 g/mol. The fourth-order valence-electron chi connectivity index (χ4n) is 3.46. The van der Waals surface area contributed by atoms with Gasteiger partial charge in [-0.2, -0.15) is 0 Å². The number of rotatable bonds is 4. The molecule has 4 nitrogen and oxygen atoms in total. The zero-order valence-electron chi connectivity index (χ0n) is 14.1. The van der Waals surface area contributed by atoms with Gasteiger partial charge in [0, 0.05) is 23.6 Å². The number of fused-ring (bicyclic) bond motifs is 3. The Bertz CT molecular complexity index is 1120. The van der Waals surface area contributed by atoms with Crippen molar-refractivity contribution < 1.29 is 26.0 Å². The van der Waals surface area contributed by atoms with Crippen LogP contribution in [0, 0.1) is 5.82 Å². The first-order valence-electron chi connectivity index (χ1n) is 8.35. The van der Waals surface area contributed by atoms with E-state index in [1.54, 1.807) is 6.07 Å². The number of sulfone groups is 1. The van der Waals surface area contributed by atoms with Gasteiger partial charge in [0.15, 0.2) is 0 Å². The molecule has 0 saturated carbocycles. The second-order valence-corrected chi connectivity index (χ2v) is 8.50. The fourth-order valence-corrected chi connectivity index (χ4v) is 4.77. The lowest BCUT2D eigenvalue weighted by Gasteiger charge is -2.32. The average molecular weight is 395 g/mol. The van der Waals surface area contributed by atoms with E-state index < -0.39 is 34.5 Å². The van der Waals surface area contributed by atoms with Crippen molar-refractivity contribution in [3.8, 4) is 0 Å². The highest BCUT2D eigenvalue weighted by Crippen LogP contribution is 2.38. The summed E-state index contributed by atoms with van der Waals surface area (Å²) in [4.78, 5) is -0.257. The lowest BCUT2D eigenvalue weighted by Crippen LogP contribution is -2.50. The largest absolute Gasteiger partial charge is 0.459 e. The number of hydrogen-bond donors (Lipinski definition) is 1. The first-order chi connectivity index (χ1) is 12.9. The van der Waals surface area contributed by atoms with Gasteiger partial charge < -0.3 is 9.73 Å². The second kappa shape index (κ2) is 6.38. The Morgan fingerprint density at radius 3 is 2.52 bits per heavy atom. The van der Waals surface area contributed by atoms with E-state index in [2.05, 4.69) is 5.32 Å². The van der Waals surface area contributed by atoms with Gasteiger partial charge in [0.2, 0.25) is 9.84 Å². The highest BCUT2D eigenvalue weighted by atomic mass is 32.2. The molecule has 0 spiro atoms. The topological polar surface area (TPSA) is 59.3 Å². The van der Waals surface area contributed by atoms with Crippen molar-refractivity contribution in [2.45, 2.75) is 21.8 Å². The number of halogens is 3. The summed E-state index contributed by atoms with van der Waals surface area (Å²) in [5, 5.41) is 3.44. The van der Waals surface area contributed by atoms with Gasteiger partial charge in [0.25, 0.3) is 0 Å². The van der Waals surface area contributed by atoms with Gasteiger partial charge in [0.1, 0.15) is 36.0 Å². The number of furan rings is 1. The maximum Gasteiger partial charge on any atom is 0.206 e. The summed E-state index contributed by atoms with van der Waals surface area (Å²) in [5.41, 5.74) is -0.644. The smallest absolute Gasteiger partial charge is 0.206 e. The van der Waals surface area contributed by atoms with Gasteiger partial charge in [0.05, 0.1) is 9.79 Å². The van der Waals surface area contributed by atoms with Crippen molar-refractivity contribution in [3.05, 3.63) is 59.6 Å². The molecule has 1 aliphatic heterocycles. The van der Waals surface area contributed by atoms with Crippen LogP contribution in [-0.2, 0) is 21.8 Å². The lowest BCUT2D eigenvalue weighted by atomic mass is 9.89. The molecule has 0 bridgehead atoms. The predicted octanol–water partition coefficient (Wildman–Crippen LogP) is 3.68. The first-order valence-corrected chi connectivity index (χ1v) is 9.83. The molecule has 1 aliphatic rings. The number of nitrogens with one attached hydrogen (secondary N) is 1. The predicted molar refractivity (Wildman–Crippen MR) is 93.4 cm³/mol. The minimum Gasteiger partial charge on any atom is -0.459 e.